The highest BCUT2D eigenvalue weighted by atomic mass is 19.2. The van der Waals surface area contributed by atoms with Crippen molar-refractivity contribution in [2.24, 2.45) is 0 Å². The molecule has 1 N–H and O–H groups in total. The van der Waals surface area contributed by atoms with Crippen LogP contribution < -0.4 is 10.1 Å². The molecule has 0 spiro atoms. The Kier molecular flexibility index (Phi) is 4.41. The Morgan fingerprint density at radius 2 is 2.04 bits per heavy atom. The fourth-order valence-corrected chi connectivity index (χ4v) is 1.92. The summed E-state index contributed by atoms with van der Waals surface area (Å²) in [6.45, 7) is -0.294. The number of aromatic nitrogens is 4. The topological polar surface area (TPSA) is 81.9 Å². The van der Waals surface area contributed by atoms with E-state index in [2.05, 4.69) is 20.8 Å². The van der Waals surface area contributed by atoms with Crippen molar-refractivity contribution in [3.63, 3.8) is 0 Å². The van der Waals surface area contributed by atoms with Crippen molar-refractivity contribution in [3.8, 4) is 11.4 Å². The van der Waals surface area contributed by atoms with Gasteiger partial charge in [0, 0.05) is 17.8 Å². The molecule has 122 valence electrons. The minimum absolute atomic E-state index is 0.143. The lowest BCUT2D eigenvalue weighted by Crippen LogP contribution is -2.20. The number of hydrogen-bond acceptors (Lipinski definition) is 5. The molecule has 0 aliphatic rings. The molecule has 3 rings (SSSR count). The monoisotopic (exact) mass is 331 g/mol. The van der Waals surface area contributed by atoms with E-state index in [0.717, 1.165) is 12.1 Å². The first kappa shape index (κ1) is 15.5. The van der Waals surface area contributed by atoms with Gasteiger partial charge in [-0.05, 0) is 34.7 Å². The number of carbonyl (C=O) groups excluding carboxylic acids is 1. The number of anilines is 1. The van der Waals surface area contributed by atoms with Crippen LogP contribution in [0.5, 0.6) is 5.75 Å². The zero-order valence-electron chi connectivity index (χ0n) is 12.2. The third kappa shape index (κ3) is 3.69. The van der Waals surface area contributed by atoms with Gasteiger partial charge in [0.2, 0.25) is 0 Å². The molecular formula is C15H11F2N5O2. The van der Waals surface area contributed by atoms with E-state index in [4.69, 9.17) is 4.74 Å². The highest BCUT2D eigenvalue weighted by Gasteiger charge is 2.08. The van der Waals surface area contributed by atoms with Crippen molar-refractivity contribution in [3.05, 3.63) is 60.4 Å². The minimum atomic E-state index is -1.04. The maximum Gasteiger partial charge on any atom is 0.262 e. The second-order valence-electron chi connectivity index (χ2n) is 4.72. The van der Waals surface area contributed by atoms with Gasteiger partial charge in [0.1, 0.15) is 12.1 Å². The fourth-order valence-electron chi connectivity index (χ4n) is 1.92. The lowest BCUT2D eigenvalue weighted by molar-refractivity contribution is -0.118. The molecule has 7 nitrogen and oxygen atoms in total. The molecule has 0 saturated carbocycles. The van der Waals surface area contributed by atoms with Gasteiger partial charge in [-0.1, -0.05) is 6.07 Å². The molecule has 0 bridgehead atoms. The van der Waals surface area contributed by atoms with Crippen LogP contribution in [0.25, 0.3) is 5.69 Å². The zero-order chi connectivity index (χ0) is 16.9. The first-order valence-electron chi connectivity index (χ1n) is 6.83. The van der Waals surface area contributed by atoms with Crippen molar-refractivity contribution < 1.29 is 18.3 Å². The predicted molar refractivity (Wildman–Crippen MR) is 79.6 cm³/mol. The summed E-state index contributed by atoms with van der Waals surface area (Å²) in [5, 5.41) is 13.2. The van der Waals surface area contributed by atoms with E-state index in [0.29, 0.717) is 11.4 Å². The number of benzene rings is 2. The lowest BCUT2D eigenvalue weighted by Gasteiger charge is -2.09. The average Bonchev–Trinajstić information content (AvgIpc) is 3.11. The number of halogens is 2. The van der Waals surface area contributed by atoms with Crippen LogP contribution in [0.3, 0.4) is 0 Å². The van der Waals surface area contributed by atoms with Crippen LogP contribution in [0.1, 0.15) is 0 Å². The molecule has 0 saturated heterocycles. The Morgan fingerprint density at radius 3 is 2.79 bits per heavy atom. The zero-order valence-corrected chi connectivity index (χ0v) is 12.2. The molecule has 9 heteroatoms. The van der Waals surface area contributed by atoms with Gasteiger partial charge in [-0.2, -0.15) is 0 Å². The van der Waals surface area contributed by atoms with Gasteiger partial charge in [-0.25, -0.2) is 13.5 Å². The number of carbonyl (C=O) groups is 1. The number of rotatable bonds is 5. The van der Waals surface area contributed by atoms with Gasteiger partial charge in [0.15, 0.2) is 18.2 Å². The normalized spacial score (nSPS) is 10.4. The maximum absolute atomic E-state index is 13.1. The van der Waals surface area contributed by atoms with E-state index in [9.17, 15) is 13.6 Å². The fraction of sp³-hybridized carbons (Fsp3) is 0.0667. The molecule has 24 heavy (non-hydrogen) atoms. The van der Waals surface area contributed by atoms with Crippen molar-refractivity contribution >= 4 is 11.6 Å². The van der Waals surface area contributed by atoms with Gasteiger partial charge >= 0.3 is 0 Å². The molecule has 2 aromatic carbocycles. The first-order valence-corrected chi connectivity index (χ1v) is 6.83. The molecular weight excluding hydrogens is 320 g/mol. The second kappa shape index (κ2) is 6.82. The SMILES string of the molecule is O=C(COc1cccc(-n2cnnn2)c1)Nc1ccc(F)c(F)c1. The summed E-state index contributed by atoms with van der Waals surface area (Å²) < 4.78 is 32.7. The van der Waals surface area contributed by atoms with Gasteiger partial charge in [0.25, 0.3) is 5.91 Å². The minimum Gasteiger partial charge on any atom is -0.484 e. The van der Waals surface area contributed by atoms with E-state index < -0.39 is 17.5 Å². The Balaban J connectivity index is 1.60. The largest absolute Gasteiger partial charge is 0.484 e. The quantitative estimate of drug-likeness (QED) is 0.773. The maximum atomic E-state index is 13.1. The summed E-state index contributed by atoms with van der Waals surface area (Å²) in [5.41, 5.74) is 0.809. The smallest absolute Gasteiger partial charge is 0.262 e. The summed E-state index contributed by atoms with van der Waals surface area (Å²) in [5.74, 6) is -2.09. The van der Waals surface area contributed by atoms with E-state index in [1.165, 1.54) is 17.1 Å². The van der Waals surface area contributed by atoms with Crippen molar-refractivity contribution in [2.75, 3.05) is 11.9 Å². The lowest BCUT2D eigenvalue weighted by atomic mass is 10.3. The Labute approximate surface area is 134 Å². The number of tetrazole rings is 1. The van der Waals surface area contributed by atoms with Crippen LogP contribution in [0.4, 0.5) is 14.5 Å². The number of hydrogen-bond donors (Lipinski definition) is 1. The van der Waals surface area contributed by atoms with Crippen molar-refractivity contribution in [1.82, 2.24) is 20.2 Å². The number of nitrogens with one attached hydrogen (secondary N) is 1. The summed E-state index contributed by atoms with van der Waals surface area (Å²) in [6, 6.07) is 9.89. The third-order valence-electron chi connectivity index (χ3n) is 3.00. The molecule has 0 radical (unpaired) electrons. The van der Waals surface area contributed by atoms with Gasteiger partial charge in [-0.15, -0.1) is 5.10 Å². The standard InChI is InChI=1S/C15H11F2N5O2/c16-13-5-4-10(6-14(13)17)19-15(23)8-24-12-3-1-2-11(7-12)22-9-18-20-21-22/h1-7,9H,8H2,(H,19,23). The summed E-state index contributed by atoms with van der Waals surface area (Å²) in [6.07, 6.45) is 1.43. The molecule has 1 amide bonds. The summed E-state index contributed by atoms with van der Waals surface area (Å²) in [7, 11) is 0. The van der Waals surface area contributed by atoms with Crippen LogP contribution in [-0.2, 0) is 4.79 Å². The molecule has 1 heterocycles. The third-order valence-corrected chi connectivity index (χ3v) is 3.00. The number of amides is 1. The van der Waals surface area contributed by atoms with Crippen LogP contribution in [0.15, 0.2) is 48.8 Å². The van der Waals surface area contributed by atoms with Crippen LogP contribution >= 0.6 is 0 Å². The van der Waals surface area contributed by atoms with Gasteiger partial charge in [0.05, 0.1) is 5.69 Å². The Morgan fingerprint density at radius 1 is 1.17 bits per heavy atom. The Bertz CT molecular complexity index is 855. The van der Waals surface area contributed by atoms with E-state index in [1.54, 1.807) is 24.3 Å². The van der Waals surface area contributed by atoms with Gasteiger partial charge < -0.3 is 10.1 Å². The molecule has 0 atom stereocenters. The predicted octanol–water partition coefficient (Wildman–Crippen LogP) is 1.96. The highest BCUT2D eigenvalue weighted by molar-refractivity contribution is 5.91. The van der Waals surface area contributed by atoms with E-state index in [1.807, 2.05) is 0 Å². The number of nitrogens with zero attached hydrogens (tertiary/aromatic N) is 4. The van der Waals surface area contributed by atoms with E-state index in [-0.39, 0.29) is 12.3 Å². The Hall–Kier alpha value is -3.36. The molecule has 0 aliphatic carbocycles. The highest BCUT2D eigenvalue weighted by Crippen LogP contribution is 2.16. The van der Waals surface area contributed by atoms with Crippen LogP contribution in [-0.4, -0.2) is 32.7 Å². The molecule has 0 fully saturated rings. The number of ether oxygens (including phenoxy) is 1. The first-order chi connectivity index (χ1) is 11.6. The van der Waals surface area contributed by atoms with E-state index >= 15 is 0 Å². The van der Waals surface area contributed by atoms with Crippen LogP contribution in [0.2, 0.25) is 0 Å². The molecule has 0 unspecified atom stereocenters. The van der Waals surface area contributed by atoms with Crippen molar-refractivity contribution in [1.29, 1.82) is 0 Å². The molecule has 0 aliphatic heterocycles. The second-order valence-corrected chi connectivity index (χ2v) is 4.72. The summed E-state index contributed by atoms with van der Waals surface area (Å²) >= 11 is 0. The van der Waals surface area contributed by atoms with Crippen molar-refractivity contribution in [2.45, 2.75) is 0 Å². The molecule has 3 aromatic rings. The van der Waals surface area contributed by atoms with Crippen LogP contribution in [0, 0.1) is 11.6 Å². The molecule has 1 aromatic heterocycles. The average molecular weight is 331 g/mol. The van der Waals surface area contributed by atoms with Gasteiger partial charge in [-0.3, -0.25) is 4.79 Å². The summed E-state index contributed by atoms with van der Waals surface area (Å²) in [4.78, 5) is 11.8.